The van der Waals surface area contributed by atoms with Gasteiger partial charge in [-0.05, 0) is 56.1 Å². The van der Waals surface area contributed by atoms with Gasteiger partial charge in [-0.1, -0.05) is 31.5 Å². The second-order valence-electron chi connectivity index (χ2n) is 6.48. The van der Waals surface area contributed by atoms with Crippen molar-refractivity contribution < 1.29 is 14.3 Å². The number of unbranched alkanes of at least 4 members (excludes halogenated alkanes) is 1. The van der Waals surface area contributed by atoms with Gasteiger partial charge in [0.25, 0.3) is 0 Å². The summed E-state index contributed by atoms with van der Waals surface area (Å²) in [6.45, 7) is 8.15. The minimum absolute atomic E-state index is 0.136. The van der Waals surface area contributed by atoms with Gasteiger partial charge in [0.15, 0.2) is 5.11 Å². The molecule has 0 atom stereocenters. The number of hydrogen-bond donors (Lipinski definition) is 2. The molecule has 1 amide bonds. The Kier molecular flexibility index (Phi) is 8.14. The first-order valence-corrected chi connectivity index (χ1v) is 10.6. The van der Waals surface area contributed by atoms with Gasteiger partial charge in [0, 0.05) is 17.4 Å². The number of rotatable bonds is 7. The Bertz CT molecular complexity index is 875. The van der Waals surface area contributed by atoms with Gasteiger partial charge >= 0.3 is 5.97 Å². The molecule has 2 rings (SSSR count). The van der Waals surface area contributed by atoms with Crippen LogP contribution in [0.5, 0.6) is 0 Å². The zero-order valence-electron chi connectivity index (χ0n) is 16.7. The number of hydrogen-bond acceptors (Lipinski definition) is 5. The van der Waals surface area contributed by atoms with Crippen LogP contribution in [0.25, 0.3) is 11.1 Å². The lowest BCUT2D eigenvalue weighted by molar-refractivity contribution is -0.119. The maximum atomic E-state index is 12.6. The minimum Gasteiger partial charge on any atom is -0.462 e. The van der Waals surface area contributed by atoms with Gasteiger partial charge in [-0.2, -0.15) is 0 Å². The lowest BCUT2D eigenvalue weighted by Crippen LogP contribution is -2.34. The van der Waals surface area contributed by atoms with E-state index in [1.807, 2.05) is 38.3 Å². The van der Waals surface area contributed by atoms with E-state index in [9.17, 15) is 9.59 Å². The van der Waals surface area contributed by atoms with E-state index in [0.717, 1.165) is 29.5 Å². The van der Waals surface area contributed by atoms with E-state index in [0.29, 0.717) is 17.0 Å². The highest BCUT2D eigenvalue weighted by atomic mass is 32.1. The van der Waals surface area contributed by atoms with Gasteiger partial charge in [0.2, 0.25) is 5.91 Å². The molecule has 28 heavy (non-hydrogen) atoms. The predicted octanol–water partition coefficient (Wildman–Crippen LogP) is 5.21. The van der Waals surface area contributed by atoms with Crippen molar-refractivity contribution in [3.63, 3.8) is 0 Å². The van der Waals surface area contributed by atoms with Gasteiger partial charge in [-0.15, -0.1) is 11.3 Å². The smallest absolute Gasteiger partial charge is 0.341 e. The van der Waals surface area contributed by atoms with E-state index in [1.54, 1.807) is 6.92 Å². The van der Waals surface area contributed by atoms with Gasteiger partial charge < -0.3 is 15.4 Å². The number of thiophene rings is 1. The topological polar surface area (TPSA) is 67.4 Å². The third-order valence-corrected chi connectivity index (χ3v) is 5.43. The van der Waals surface area contributed by atoms with Crippen LogP contribution in [0.1, 0.15) is 54.6 Å². The Hall–Kier alpha value is -2.25. The Morgan fingerprint density at radius 1 is 1.18 bits per heavy atom. The predicted molar refractivity (Wildman–Crippen MR) is 119 cm³/mol. The molecule has 5 nitrogen and oxygen atoms in total. The first-order valence-electron chi connectivity index (χ1n) is 9.34. The van der Waals surface area contributed by atoms with E-state index in [4.69, 9.17) is 17.0 Å². The Morgan fingerprint density at radius 2 is 1.93 bits per heavy atom. The number of benzene rings is 1. The number of amides is 1. The Morgan fingerprint density at radius 3 is 2.57 bits per heavy atom. The Balaban J connectivity index is 2.30. The number of thiocarbonyl (C=S) groups is 1. The lowest BCUT2D eigenvalue weighted by atomic mass is 9.99. The van der Waals surface area contributed by atoms with Crippen molar-refractivity contribution >= 4 is 45.5 Å². The molecule has 0 aliphatic heterocycles. The zero-order valence-corrected chi connectivity index (χ0v) is 18.3. The molecule has 0 bridgehead atoms. The van der Waals surface area contributed by atoms with E-state index in [-0.39, 0.29) is 17.6 Å². The van der Waals surface area contributed by atoms with Gasteiger partial charge in [-0.3, -0.25) is 4.79 Å². The summed E-state index contributed by atoms with van der Waals surface area (Å²) in [6.07, 6.45) is 2.16. The first-order chi connectivity index (χ1) is 13.4. The third-order valence-electron chi connectivity index (χ3n) is 4.33. The summed E-state index contributed by atoms with van der Waals surface area (Å²) in [5.74, 6) is -0.553. The van der Waals surface area contributed by atoms with Crippen LogP contribution in [0, 0.1) is 13.8 Å². The molecule has 1 aromatic heterocycles. The van der Waals surface area contributed by atoms with Crippen molar-refractivity contribution in [2.75, 3.05) is 11.9 Å². The van der Waals surface area contributed by atoms with E-state index < -0.39 is 5.97 Å². The number of esters is 1. The van der Waals surface area contributed by atoms with Gasteiger partial charge in [0.05, 0.1) is 6.61 Å². The van der Waals surface area contributed by atoms with Gasteiger partial charge in [0.1, 0.15) is 10.6 Å². The molecular weight excluding hydrogens is 392 g/mol. The molecular formula is C21H26N2O3S2. The number of aryl methyl sites for hydroxylation is 2. The molecule has 0 saturated carbocycles. The van der Waals surface area contributed by atoms with Gasteiger partial charge in [-0.25, -0.2) is 4.79 Å². The van der Waals surface area contributed by atoms with Crippen LogP contribution in [-0.4, -0.2) is 23.6 Å². The number of ether oxygens (including phenoxy) is 1. The van der Waals surface area contributed by atoms with Crippen LogP contribution in [0.15, 0.2) is 23.6 Å². The summed E-state index contributed by atoms with van der Waals surface area (Å²) >= 11 is 6.61. The van der Waals surface area contributed by atoms with Crippen molar-refractivity contribution in [2.24, 2.45) is 0 Å². The number of carbonyl (C=O) groups excluding carboxylic acids is 2. The number of nitrogens with one attached hydrogen (secondary N) is 2. The molecule has 2 N–H and O–H groups in total. The third kappa shape index (κ3) is 5.62. The zero-order chi connectivity index (χ0) is 20.7. The fourth-order valence-corrected chi connectivity index (χ4v) is 3.88. The molecule has 0 aliphatic rings. The van der Waals surface area contributed by atoms with Crippen LogP contribution < -0.4 is 10.6 Å². The maximum Gasteiger partial charge on any atom is 0.341 e. The van der Waals surface area contributed by atoms with Crippen molar-refractivity contribution in [2.45, 2.75) is 47.0 Å². The summed E-state index contributed by atoms with van der Waals surface area (Å²) in [4.78, 5) is 24.5. The van der Waals surface area contributed by atoms with Crippen LogP contribution in [0.4, 0.5) is 5.00 Å². The molecule has 0 aliphatic carbocycles. The van der Waals surface area contributed by atoms with E-state index >= 15 is 0 Å². The normalized spacial score (nSPS) is 10.4. The second kappa shape index (κ2) is 10.3. The molecule has 0 fully saturated rings. The van der Waals surface area contributed by atoms with Crippen molar-refractivity contribution in [1.82, 2.24) is 5.32 Å². The molecule has 0 unspecified atom stereocenters. The average Bonchev–Trinajstić information content (AvgIpc) is 3.05. The molecule has 7 heteroatoms. The van der Waals surface area contributed by atoms with E-state index in [2.05, 4.69) is 16.7 Å². The van der Waals surface area contributed by atoms with Crippen LogP contribution >= 0.6 is 23.6 Å². The molecule has 0 saturated heterocycles. The SMILES string of the molecule is CCCCC(=O)NC(=S)Nc1scc(-c2ccc(C)c(C)c2)c1C(=O)OCC. The summed E-state index contributed by atoms with van der Waals surface area (Å²) in [5.41, 5.74) is 4.49. The standard InChI is InChI=1S/C21H26N2O3S2/c1-5-7-8-17(24)22-21(27)23-19-18(20(25)26-6-2)16(12-28-19)15-10-9-13(3)14(4)11-15/h9-12H,5-8H2,1-4H3,(H2,22,23,24,27). The summed E-state index contributed by atoms with van der Waals surface area (Å²) < 4.78 is 5.26. The molecule has 0 spiro atoms. The minimum atomic E-state index is -0.417. The fraction of sp³-hybridized carbons (Fsp3) is 0.381. The van der Waals surface area contributed by atoms with E-state index in [1.165, 1.54) is 16.9 Å². The van der Waals surface area contributed by atoms with Crippen molar-refractivity contribution in [1.29, 1.82) is 0 Å². The summed E-state index contributed by atoms with van der Waals surface area (Å²) in [7, 11) is 0. The number of anilines is 1. The second-order valence-corrected chi connectivity index (χ2v) is 7.77. The lowest BCUT2D eigenvalue weighted by Gasteiger charge is -2.11. The highest BCUT2D eigenvalue weighted by molar-refractivity contribution is 7.80. The molecule has 1 heterocycles. The molecule has 150 valence electrons. The first kappa shape index (κ1) is 22.0. The van der Waals surface area contributed by atoms with Crippen molar-refractivity contribution in [3.8, 4) is 11.1 Å². The summed E-state index contributed by atoms with van der Waals surface area (Å²) in [6, 6.07) is 6.07. The quantitative estimate of drug-likeness (QED) is 0.477. The fourth-order valence-electron chi connectivity index (χ4n) is 2.64. The van der Waals surface area contributed by atoms with Crippen LogP contribution in [0.2, 0.25) is 0 Å². The highest BCUT2D eigenvalue weighted by Gasteiger charge is 2.22. The van der Waals surface area contributed by atoms with Crippen LogP contribution in [-0.2, 0) is 9.53 Å². The molecule has 2 aromatic rings. The largest absolute Gasteiger partial charge is 0.462 e. The maximum absolute atomic E-state index is 12.6. The number of carbonyl (C=O) groups is 2. The monoisotopic (exact) mass is 418 g/mol. The highest BCUT2D eigenvalue weighted by Crippen LogP contribution is 2.36. The summed E-state index contributed by atoms with van der Waals surface area (Å²) in [5, 5.41) is 8.30. The van der Waals surface area contributed by atoms with Crippen LogP contribution in [0.3, 0.4) is 0 Å². The molecule has 1 aromatic carbocycles. The Labute approximate surface area is 175 Å². The van der Waals surface area contributed by atoms with Crippen molar-refractivity contribution in [3.05, 3.63) is 40.3 Å². The average molecular weight is 419 g/mol. The molecule has 0 radical (unpaired) electrons.